The quantitative estimate of drug-likeness (QED) is 0.474. The van der Waals surface area contributed by atoms with E-state index in [4.69, 9.17) is 4.74 Å². The Bertz CT molecular complexity index is 876. The molecule has 8 heteroatoms. The number of hydrogen-bond acceptors (Lipinski definition) is 3. The van der Waals surface area contributed by atoms with Gasteiger partial charge in [-0.05, 0) is 58.7 Å². The Balaban J connectivity index is 1.75. The van der Waals surface area contributed by atoms with Crippen LogP contribution in [0.3, 0.4) is 0 Å². The molecule has 0 aliphatic carbocycles. The largest absolute Gasteiger partial charge is 0.484 e. The van der Waals surface area contributed by atoms with Crippen LogP contribution in [0.15, 0.2) is 59.5 Å². The first kappa shape index (κ1) is 19.4. The molecule has 27 heavy (non-hydrogen) atoms. The lowest BCUT2D eigenvalue weighted by Crippen LogP contribution is -2.09. The van der Waals surface area contributed by atoms with Crippen molar-refractivity contribution < 1.29 is 17.9 Å². The number of rotatable bonds is 6. The lowest BCUT2D eigenvalue weighted by atomic mass is 10.1. The fourth-order valence-corrected chi connectivity index (χ4v) is 2.79. The maximum absolute atomic E-state index is 12.7. The first-order chi connectivity index (χ1) is 12.9. The van der Waals surface area contributed by atoms with E-state index in [1.165, 1.54) is 4.68 Å². The van der Waals surface area contributed by atoms with Gasteiger partial charge in [0.2, 0.25) is 0 Å². The zero-order chi connectivity index (χ0) is 19.4. The average Bonchev–Trinajstić information content (AvgIpc) is 3.13. The van der Waals surface area contributed by atoms with Crippen molar-refractivity contribution in [3.05, 3.63) is 70.7 Å². The molecule has 0 bridgehead atoms. The number of pyridine rings is 1. The highest BCUT2D eigenvalue weighted by molar-refractivity contribution is 9.10. The van der Waals surface area contributed by atoms with Crippen molar-refractivity contribution in [2.24, 2.45) is 0 Å². The molecule has 0 amide bonds. The Morgan fingerprint density at radius 1 is 1.11 bits per heavy atom. The van der Waals surface area contributed by atoms with E-state index < -0.39 is 11.7 Å². The van der Waals surface area contributed by atoms with Gasteiger partial charge in [0.05, 0.1) is 23.1 Å². The zero-order valence-corrected chi connectivity index (χ0v) is 16.0. The molecular formula is C19H17BrF3N3O. The molecule has 1 aromatic carbocycles. The van der Waals surface area contributed by atoms with Crippen LogP contribution in [-0.4, -0.2) is 14.8 Å². The van der Waals surface area contributed by atoms with E-state index >= 15 is 0 Å². The first-order valence-electron chi connectivity index (χ1n) is 8.37. The lowest BCUT2D eigenvalue weighted by Gasteiger charge is -2.18. The van der Waals surface area contributed by atoms with Gasteiger partial charge in [0.25, 0.3) is 0 Å². The number of alkyl halides is 3. The van der Waals surface area contributed by atoms with Crippen molar-refractivity contribution in [1.82, 2.24) is 14.8 Å². The molecular weight excluding hydrogens is 423 g/mol. The molecule has 3 aromatic rings. The maximum atomic E-state index is 12.7. The van der Waals surface area contributed by atoms with Gasteiger partial charge in [-0.2, -0.15) is 18.3 Å². The standard InChI is InChI=1S/C19H17BrF3N3O/c1-2-3-18(17-9-4-14(20)11-24-17)27-16-7-5-15(6-8-16)26-12-13(10-25-26)19(21,22)23/h4-12,18H,2-3H2,1H3. The zero-order valence-electron chi connectivity index (χ0n) is 14.4. The Kier molecular flexibility index (Phi) is 5.84. The molecule has 142 valence electrons. The summed E-state index contributed by atoms with van der Waals surface area (Å²) in [6.45, 7) is 2.06. The van der Waals surface area contributed by atoms with Crippen molar-refractivity contribution in [1.29, 1.82) is 0 Å². The van der Waals surface area contributed by atoms with E-state index in [2.05, 4.69) is 32.9 Å². The normalized spacial score (nSPS) is 12.8. The Labute approximate surface area is 163 Å². The van der Waals surface area contributed by atoms with E-state index in [-0.39, 0.29) is 6.10 Å². The Morgan fingerprint density at radius 2 is 1.85 bits per heavy atom. The smallest absolute Gasteiger partial charge is 0.419 e. The van der Waals surface area contributed by atoms with Crippen molar-refractivity contribution in [2.75, 3.05) is 0 Å². The molecule has 0 fully saturated rings. The van der Waals surface area contributed by atoms with E-state index in [1.54, 1.807) is 30.5 Å². The van der Waals surface area contributed by atoms with Crippen LogP contribution in [0.1, 0.15) is 37.1 Å². The summed E-state index contributed by atoms with van der Waals surface area (Å²) in [6, 6.07) is 10.6. The molecule has 0 spiro atoms. The molecule has 4 nitrogen and oxygen atoms in total. The second kappa shape index (κ2) is 8.12. The van der Waals surface area contributed by atoms with Crippen LogP contribution >= 0.6 is 15.9 Å². The van der Waals surface area contributed by atoms with Crippen LogP contribution in [0.2, 0.25) is 0 Å². The van der Waals surface area contributed by atoms with Crippen LogP contribution in [0.5, 0.6) is 5.75 Å². The predicted molar refractivity (Wildman–Crippen MR) is 98.8 cm³/mol. The molecule has 0 aliphatic rings. The second-order valence-electron chi connectivity index (χ2n) is 5.96. The summed E-state index contributed by atoms with van der Waals surface area (Å²) in [5.41, 5.74) is 0.560. The third-order valence-electron chi connectivity index (χ3n) is 3.92. The number of nitrogens with zero attached hydrogens (tertiary/aromatic N) is 3. The summed E-state index contributed by atoms with van der Waals surface area (Å²) in [5.74, 6) is 0.616. The fourth-order valence-electron chi connectivity index (χ4n) is 2.56. The predicted octanol–water partition coefficient (Wildman–Crippen LogP) is 5.97. The minimum absolute atomic E-state index is 0.199. The molecule has 0 saturated carbocycles. The Hall–Kier alpha value is -2.35. The Morgan fingerprint density at radius 3 is 2.41 bits per heavy atom. The summed E-state index contributed by atoms with van der Waals surface area (Å²) in [4.78, 5) is 4.39. The van der Waals surface area contributed by atoms with Gasteiger partial charge in [-0.15, -0.1) is 0 Å². The van der Waals surface area contributed by atoms with Gasteiger partial charge >= 0.3 is 6.18 Å². The fraction of sp³-hybridized carbons (Fsp3) is 0.263. The number of aromatic nitrogens is 3. The number of ether oxygens (including phenoxy) is 1. The van der Waals surface area contributed by atoms with Gasteiger partial charge < -0.3 is 4.74 Å². The summed E-state index contributed by atoms with van der Waals surface area (Å²) >= 11 is 3.36. The molecule has 3 rings (SSSR count). The maximum Gasteiger partial charge on any atom is 0.419 e. The average molecular weight is 440 g/mol. The summed E-state index contributed by atoms with van der Waals surface area (Å²) in [6.07, 6.45) is 0.601. The van der Waals surface area contributed by atoms with Crippen molar-refractivity contribution in [3.63, 3.8) is 0 Å². The summed E-state index contributed by atoms with van der Waals surface area (Å²) < 4.78 is 46.2. The molecule has 1 unspecified atom stereocenters. The van der Waals surface area contributed by atoms with E-state index in [1.807, 2.05) is 12.1 Å². The van der Waals surface area contributed by atoms with Crippen molar-refractivity contribution >= 4 is 15.9 Å². The highest BCUT2D eigenvalue weighted by Gasteiger charge is 2.32. The van der Waals surface area contributed by atoms with E-state index in [9.17, 15) is 13.2 Å². The van der Waals surface area contributed by atoms with Crippen LogP contribution in [0.4, 0.5) is 13.2 Å². The van der Waals surface area contributed by atoms with Gasteiger partial charge in [-0.3, -0.25) is 4.98 Å². The van der Waals surface area contributed by atoms with E-state index in [0.717, 1.165) is 35.4 Å². The molecule has 2 heterocycles. The highest BCUT2D eigenvalue weighted by atomic mass is 79.9. The molecule has 2 aromatic heterocycles. The summed E-state index contributed by atoms with van der Waals surface area (Å²) in [5, 5.41) is 3.77. The molecule has 0 N–H and O–H groups in total. The minimum atomic E-state index is -4.41. The first-order valence-corrected chi connectivity index (χ1v) is 9.16. The number of halogens is 4. The van der Waals surface area contributed by atoms with Crippen LogP contribution in [-0.2, 0) is 6.18 Å². The van der Waals surface area contributed by atoms with Crippen LogP contribution in [0.25, 0.3) is 5.69 Å². The van der Waals surface area contributed by atoms with Crippen molar-refractivity contribution in [3.8, 4) is 11.4 Å². The van der Waals surface area contributed by atoms with Crippen LogP contribution in [0, 0.1) is 0 Å². The van der Waals surface area contributed by atoms with Crippen LogP contribution < -0.4 is 4.74 Å². The third-order valence-corrected chi connectivity index (χ3v) is 4.39. The van der Waals surface area contributed by atoms with Gasteiger partial charge in [-0.25, -0.2) is 4.68 Å². The molecule has 0 aliphatic heterocycles. The number of hydrogen-bond donors (Lipinski definition) is 0. The monoisotopic (exact) mass is 439 g/mol. The second-order valence-corrected chi connectivity index (χ2v) is 6.88. The van der Waals surface area contributed by atoms with Crippen molar-refractivity contribution in [2.45, 2.75) is 32.0 Å². The van der Waals surface area contributed by atoms with Gasteiger partial charge in [-0.1, -0.05) is 13.3 Å². The van der Waals surface area contributed by atoms with Gasteiger partial charge in [0.15, 0.2) is 0 Å². The van der Waals surface area contributed by atoms with Gasteiger partial charge in [0, 0.05) is 16.9 Å². The third kappa shape index (κ3) is 4.88. The molecule has 0 radical (unpaired) electrons. The van der Waals surface area contributed by atoms with E-state index in [0.29, 0.717) is 11.4 Å². The highest BCUT2D eigenvalue weighted by Crippen LogP contribution is 2.30. The topological polar surface area (TPSA) is 39.9 Å². The molecule has 1 atom stereocenters. The SMILES string of the molecule is CCCC(Oc1ccc(-n2cc(C(F)(F)F)cn2)cc1)c1ccc(Br)cn1. The lowest BCUT2D eigenvalue weighted by molar-refractivity contribution is -0.137. The molecule has 0 saturated heterocycles. The minimum Gasteiger partial charge on any atom is -0.484 e. The number of benzene rings is 1. The van der Waals surface area contributed by atoms with Gasteiger partial charge in [0.1, 0.15) is 11.9 Å². The summed E-state index contributed by atoms with van der Waals surface area (Å²) in [7, 11) is 0.